The van der Waals surface area contributed by atoms with Gasteiger partial charge in [-0.15, -0.1) is 0 Å². The molecule has 0 bridgehead atoms. The maximum atomic E-state index is 11.8. The van der Waals surface area contributed by atoms with Crippen LogP contribution in [0.5, 0.6) is 17.2 Å². The average Bonchev–Trinajstić information content (AvgIpc) is 2.66. The van der Waals surface area contributed by atoms with Gasteiger partial charge in [0.25, 0.3) is 0 Å². The third kappa shape index (κ3) is 5.13. The summed E-state index contributed by atoms with van der Waals surface area (Å²) in [6, 6.07) is 12.7. The van der Waals surface area contributed by atoms with Crippen molar-refractivity contribution in [1.82, 2.24) is 0 Å². The smallest absolute Gasteiger partial charge is 0.307 e. The highest BCUT2D eigenvalue weighted by Gasteiger charge is 2.20. The Morgan fingerprint density at radius 2 is 1.69 bits per heavy atom. The first-order chi connectivity index (χ1) is 12.6. The average molecular weight is 359 g/mol. The number of ether oxygens (including phenoxy) is 4. The van der Waals surface area contributed by atoms with E-state index in [1.165, 1.54) is 0 Å². The van der Waals surface area contributed by atoms with Gasteiger partial charge in [0.15, 0.2) is 11.5 Å². The molecule has 1 atom stereocenters. The number of methoxy groups -OCH3 is 2. The quantitative estimate of drug-likeness (QED) is 0.693. The van der Waals surface area contributed by atoms with Gasteiger partial charge in [-0.05, 0) is 18.6 Å². The summed E-state index contributed by atoms with van der Waals surface area (Å²) in [6.07, 6.45) is 0.0466. The van der Waals surface area contributed by atoms with Gasteiger partial charge < -0.3 is 24.7 Å². The minimum Gasteiger partial charge on any atom is -0.493 e. The molecule has 140 valence electrons. The highest BCUT2D eigenvalue weighted by Crippen LogP contribution is 2.38. The largest absolute Gasteiger partial charge is 0.493 e. The summed E-state index contributed by atoms with van der Waals surface area (Å²) in [5, 5.41) is 0. The summed E-state index contributed by atoms with van der Waals surface area (Å²) in [6.45, 7) is 2.44. The molecule has 0 saturated carbocycles. The van der Waals surface area contributed by atoms with Crippen LogP contribution in [-0.2, 0) is 16.1 Å². The van der Waals surface area contributed by atoms with Gasteiger partial charge in [-0.25, -0.2) is 0 Å². The van der Waals surface area contributed by atoms with Crippen LogP contribution in [-0.4, -0.2) is 26.8 Å². The van der Waals surface area contributed by atoms with Gasteiger partial charge in [0.05, 0.1) is 27.2 Å². The van der Waals surface area contributed by atoms with Crippen molar-refractivity contribution in [2.24, 2.45) is 5.73 Å². The Morgan fingerprint density at radius 3 is 2.31 bits per heavy atom. The lowest BCUT2D eigenvalue weighted by atomic mass is 10.0. The topological polar surface area (TPSA) is 80.0 Å². The van der Waals surface area contributed by atoms with Crippen molar-refractivity contribution in [3.05, 3.63) is 53.6 Å². The van der Waals surface area contributed by atoms with Gasteiger partial charge >= 0.3 is 5.97 Å². The highest BCUT2D eigenvalue weighted by molar-refractivity contribution is 5.71. The zero-order valence-corrected chi connectivity index (χ0v) is 15.4. The zero-order valence-electron chi connectivity index (χ0n) is 15.4. The first-order valence-electron chi connectivity index (χ1n) is 8.42. The monoisotopic (exact) mass is 359 g/mol. The number of nitrogens with two attached hydrogens (primary N) is 1. The number of carbonyl (C=O) groups excluding carboxylic acids is 1. The second-order valence-corrected chi connectivity index (χ2v) is 5.63. The molecule has 2 aromatic rings. The molecule has 0 aliphatic rings. The second kappa shape index (κ2) is 9.68. The van der Waals surface area contributed by atoms with E-state index in [0.717, 1.165) is 5.56 Å². The van der Waals surface area contributed by atoms with Crippen molar-refractivity contribution in [3.8, 4) is 17.2 Å². The molecular weight excluding hydrogens is 334 g/mol. The third-order valence-corrected chi connectivity index (χ3v) is 3.84. The highest BCUT2D eigenvalue weighted by atomic mass is 16.5. The Hall–Kier alpha value is -2.73. The van der Waals surface area contributed by atoms with Crippen LogP contribution >= 0.6 is 0 Å². The van der Waals surface area contributed by atoms with Crippen LogP contribution in [0.4, 0.5) is 0 Å². The SMILES string of the molecule is CCOC(=O)C[C@H](N)c1cc(OC)c(OC)cc1OCc1ccccc1. The predicted molar refractivity (Wildman–Crippen MR) is 98.5 cm³/mol. The van der Waals surface area contributed by atoms with Crippen LogP contribution in [0, 0.1) is 0 Å². The van der Waals surface area contributed by atoms with Crippen molar-refractivity contribution in [2.45, 2.75) is 26.0 Å². The van der Waals surface area contributed by atoms with Gasteiger partial charge in [-0.1, -0.05) is 30.3 Å². The molecule has 0 aromatic heterocycles. The fourth-order valence-corrected chi connectivity index (χ4v) is 2.54. The molecule has 2 aromatic carbocycles. The molecule has 6 heteroatoms. The van der Waals surface area contributed by atoms with Gasteiger partial charge in [0.2, 0.25) is 0 Å². The molecule has 0 fully saturated rings. The number of hydrogen-bond acceptors (Lipinski definition) is 6. The Kier molecular flexibility index (Phi) is 7.29. The fraction of sp³-hybridized carbons (Fsp3) is 0.350. The Morgan fingerprint density at radius 1 is 1.04 bits per heavy atom. The van der Waals surface area contributed by atoms with Crippen molar-refractivity contribution < 1.29 is 23.7 Å². The van der Waals surface area contributed by atoms with Crippen LogP contribution in [0.2, 0.25) is 0 Å². The van der Waals surface area contributed by atoms with Crippen molar-refractivity contribution in [3.63, 3.8) is 0 Å². The molecule has 0 spiro atoms. The van der Waals surface area contributed by atoms with Crippen molar-refractivity contribution in [1.29, 1.82) is 0 Å². The fourth-order valence-electron chi connectivity index (χ4n) is 2.54. The summed E-state index contributed by atoms with van der Waals surface area (Å²) >= 11 is 0. The summed E-state index contributed by atoms with van der Waals surface area (Å²) in [7, 11) is 3.10. The van der Waals surface area contributed by atoms with Crippen LogP contribution < -0.4 is 19.9 Å². The summed E-state index contributed by atoms with van der Waals surface area (Å²) in [5.74, 6) is 1.24. The van der Waals surface area contributed by atoms with E-state index in [-0.39, 0.29) is 12.4 Å². The van der Waals surface area contributed by atoms with E-state index in [1.807, 2.05) is 30.3 Å². The Balaban J connectivity index is 2.28. The van der Waals surface area contributed by atoms with Crippen LogP contribution in [0.1, 0.15) is 30.5 Å². The first-order valence-corrected chi connectivity index (χ1v) is 8.42. The molecule has 6 nitrogen and oxygen atoms in total. The lowest BCUT2D eigenvalue weighted by molar-refractivity contribution is -0.143. The van der Waals surface area contributed by atoms with E-state index in [9.17, 15) is 4.79 Å². The maximum absolute atomic E-state index is 11.8. The molecule has 0 saturated heterocycles. The van der Waals surface area contributed by atoms with E-state index < -0.39 is 6.04 Å². The number of carbonyl (C=O) groups is 1. The Bertz CT molecular complexity index is 718. The van der Waals surface area contributed by atoms with E-state index in [4.69, 9.17) is 24.7 Å². The molecule has 0 aliphatic carbocycles. The molecule has 0 radical (unpaired) electrons. The molecule has 0 aliphatic heterocycles. The van der Waals surface area contributed by atoms with E-state index in [1.54, 1.807) is 33.3 Å². The normalized spacial score (nSPS) is 11.5. The summed E-state index contributed by atoms with van der Waals surface area (Å²) in [5.41, 5.74) is 7.91. The second-order valence-electron chi connectivity index (χ2n) is 5.63. The molecule has 0 unspecified atom stereocenters. The molecule has 2 rings (SSSR count). The first kappa shape index (κ1) is 19.6. The minimum absolute atomic E-state index is 0.0466. The van der Waals surface area contributed by atoms with E-state index >= 15 is 0 Å². The summed E-state index contributed by atoms with van der Waals surface area (Å²) in [4.78, 5) is 11.8. The van der Waals surface area contributed by atoms with Gasteiger partial charge in [0, 0.05) is 17.7 Å². The Labute approximate surface area is 153 Å². The van der Waals surface area contributed by atoms with Gasteiger partial charge in [-0.3, -0.25) is 4.79 Å². The third-order valence-electron chi connectivity index (χ3n) is 3.84. The van der Waals surface area contributed by atoms with E-state index in [0.29, 0.717) is 36.0 Å². The lowest BCUT2D eigenvalue weighted by Gasteiger charge is -2.19. The summed E-state index contributed by atoms with van der Waals surface area (Å²) < 4.78 is 21.6. The molecule has 2 N–H and O–H groups in total. The lowest BCUT2D eigenvalue weighted by Crippen LogP contribution is -2.18. The van der Waals surface area contributed by atoms with Gasteiger partial charge in [-0.2, -0.15) is 0 Å². The van der Waals surface area contributed by atoms with E-state index in [2.05, 4.69) is 0 Å². The minimum atomic E-state index is -0.584. The number of esters is 1. The predicted octanol–water partition coefficient (Wildman–Crippen LogP) is 3.24. The number of benzene rings is 2. The standard InChI is InChI=1S/C20H25NO5/c1-4-25-20(22)11-16(21)15-10-18(23-2)19(24-3)12-17(15)26-13-14-8-6-5-7-9-14/h5-10,12,16H,4,11,13,21H2,1-3H3/t16-/m0/s1. The molecule has 0 heterocycles. The molecule has 0 amide bonds. The molecule has 26 heavy (non-hydrogen) atoms. The van der Waals surface area contributed by atoms with Crippen molar-refractivity contribution >= 4 is 5.97 Å². The van der Waals surface area contributed by atoms with Crippen molar-refractivity contribution in [2.75, 3.05) is 20.8 Å². The maximum Gasteiger partial charge on any atom is 0.307 e. The van der Waals surface area contributed by atoms with Crippen LogP contribution in [0.25, 0.3) is 0 Å². The molecular formula is C20H25NO5. The van der Waals surface area contributed by atoms with Gasteiger partial charge in [0.1, 0.15) is 12.4 Å². The zero-order chi connectivity index (χ0) is 18.9. The van der Waals surface area contributed by atoms with Crippen LogP contribution in [0.15, 0.2) is 42.5 Å². The number of hydrogen-bond donors (Lipinski definition) is 1. The number of rotatable bonds is 9. The van der Waals surface area contributed by atoms with Crippen LogP contribution in [0.3, 0.4) is 0 Å².